The molecule has 2 aromatic carbocycles. The first-order chi connectivity index (χ1) is 13.0. The van der Waals surface area contributed by atoms with Crippen LogP contribution < -0.4 is 5.32 Å². The first kappa shape index (κ1) is 19.9. The van der Waals surface area contributed by atoms with Crippen molar-refractivity contribution in [2.24, 2.45) is 5.92 Å². The average molecular weight is 365 g/mol. The van der Waals surface area contributed by atoms with Crippen LogP contribution in [0.5, 0.6) is 0 Å². The van der Waals surface area contributed by atoms with Gasteiger partial charge in [0.25, 0.3) is 0 Å². The zero-order chi connectivity index (χ0) is 19.1. The van der Waals surface area contributed by atoms with Crippen LogP contribution in [-0.4, -0.2) is 31.1 Å². The first-order valence-corrected chi connectivity index (χ1v) is 10.6. The lowest BCUT2D eigenvalue weighted by molar-refractivity contribution is 0.183. The van der Waals surface area contributed by atoms with Gasteiger partial charge >= 0.3 is 0 Å². The van der Waals surface area contributed by atoms with Crippen molar-refractivity contribution < 1.29 is 0 Å². The van der Waals surface area contributed by atoms with E-state index in [9.17, 15) is 0 Å². The molecule has 146 valence electrons. The Balaban J connectivity index is 1.31. The number of piperidine rings is 1. The monoisotopic (exact) mass is 364 g/mol. The molecule has 0 amide bonds. The van der Waals surface area contributed by atoms with Gasteiger partial charge in [-0.3, -0.25) is 0 Å². The molecule has 0 aliphatic carbocycles. The number of nitrogens with zero attached hydrogens (tertiary/aromatic N) is 1. The third kappa shape index (κ3) is 6.39. The Hall–Kier alpha value is -1.80. The number of hydrogen-bond acceptors (Lipinski definition) is 2. The number of likely N-dealkylation sites (tertiary alicyclic amines) is 1. The van der Waals surface area contributed by atoms with Crippen LogP contribution in [0.2, 0.25) is 0 Å². The van der Waals surface area contributed by atoms with Crippen molar-refractivity contribution in [1.29, 1.82) is 0 Å². The predicted octanol–water partition coefficient (Wildman–Crippen LogP) is 5.74. The zero-order valence-electron chi connectivity index (χ0n) is 17.4. The highest BCUT2D eigenvalue weighted by molar-refractivity contribution is 5.45. The van der Waals surface area contributed by atoms with Crippen molar-refractivity contribution in [3.8, 4) is 0 Å². The summed E-state index contributed by atoms with van der Waals surface area (Å²) in [6, 6.07) is 19.9. The molecule has 27 heavy (non-hydrogen) atoms. The second kappa shape index (κ2) is 9.41. The van der Waals surface area contributed by atoms with Gasteiger partial charge in [-0.15, -0.1) is 0 Å². The molecule has 1 heterocycles. The van der Waals surface area contributed by atoms with E-state index in [0.717, 1.165) is 12.5 Å². The number of rotatable bonds is 7. The van der Waals surface area contributed by atoms with Crippen LogP contribution >= 0.6 is 0 Å². The maximum atomic E-state index is 3.58. The summed E-state index contributed by atoms with van der Waals surface area (Å²) in [5, 5.41) is 3.58. The molecule has 2 nitrogen and oxygen atoms in total. The minimum atomic E-state index is 0.227. The van der Waals surface area contributed by atoms with Gasteiger partial charge in [0.2, 0.25) is 0 Å². The molecule has 1 N–H and O–H groups in total. The summed E-state index contributed by atoms with van der Waals surface area (Å²) >= 11 is 0. The van der Waals surface area contributed by atoms with Gasteiger partial charge in [0, 0.05) is 12.2 Å². The molecule has 0 atom stereocenters. The van der Waals surface area contributed by atoms with Crippen LogP contribution in [0.15, 0.2) is 54.6 Å². The van der Waals surface area contributed by atoms with E-state index >= 15 is 0 Å². The van der Waals surface area contributed by atoms with Gasteiger partial charge in [0.05, 0.1) is 0 Å². The Morgan fingerprint density at radius 1 is 0.926 bits per heavy atom. The van der Waals surface area contributed by atoms with E-state index in [1.165, 1.54) is 62.1 Å². The summed E-state index contributed by atoms with van der Waals surface area (Å²) in [5.41, 5.74) is 4.36. The maximum absolute atomic E-state index is 3.58. The lowest BCUT2D eigenvalue weighted by Gasteiger charge is -2.32. The van der Waals surface area contributed by atoms with Crippen LogP contribution in [0.1, 0.15) is 51.2 Å². The molecule has 2 aromatic rings. The molecule has 0 bridgehead atoms. The largest absolute Gasteiger partial charge is 0.385 e. The normalized spacial score (nSPS) is 16.4. The molecule has 1 aliphatic rings. The summed E-state index contributed by atoms with van der Waals surface area (Å²) in [4.78, 5) is 2.64. The molecule has 1 aliphatic heterocycles. The molecule has 1 saturated heterocycles. The smallest absolute Gasteiger partial charge is 0.0340 e. The Morgan fingerprint density at radius 2 is 1.59 bits per heavy atom. The van der Waals surface area contributed by atoms with Crippen LogP contribution in [0.25, 0.3) is 0 Å². The molecule has 0 radical (unpaired) electrons. The van der Waals surface area contributed by atoms with E-state index in [4.69, 9.17) is 0 Å². The fourth-order valence-electron chi connectivity index (χ4n) is 3.99. The van der Waals surface area contributed by atoms with E-state index in [1.54, 1.807) is 0 Å². The fourth-order valence-corrected chi connectivity index (χ4v) is 3.99. The first-order valence-electron chi connectivity index (χ1n) is 10.6. The zero-order valence-corrected chi connectivity index (χ0v) is 17.4. The number of nitrogens with one attached hydrogen (secondary N) is 1. The van der Waals surface area contributed by atoms with Crippen molar-refractivity contribution in [1.82, 2.24) is 4.90 Å². The second-order valence-corrected chi connectivity index (χ2v) is 9.08. The minimum Gasteiger partial charge on any atom is -0.385 e. The molecular formula is C25H36N2. The van der Waals surface area contributed by atoms with Gasteiger partial charge in [-0.2, -0.15) is 0 Å². The summed E-state index contributed by atoms with van der Waals surface area (Å²) in [6.07, 6.45) is 5.15. The van der Waals surface area contributed by atoms with E-state index < -0.39 is 0 Å². The van der Waals surface area contributed by atoms with Crippen molar-refractivity contribution in [3.63, 3.8) is 0 Å². The van der Waals surface area contributed by atoms with Gasteiger partial charge < -0.3 is 10.2 Å². The van der Waals surface area contributed by atoms with Gasteiger partial charge in [-0.25, -0.2) is 0 Å². The summed E-state index contributed by atoms with van der Waals surface area (Å²) < 4.78 is 0. The van der Waals surface area contributed by atoms with Crippen molar-refractivity contribution in [3.05, 3.63) is 65.7 Å². The van der Waals surface area contributed by atoms with Gasteiger partial charge in [-0.05, 0) is 79.9 Å². The van der Waals surface area contributed by atoms with E-state index in [-0.39, 0.29) is 5.41 Å². The van der Waals surface area contributed by atoms with E-state index in [2.05, 4.69) is 85.6 Å². The summed E-state index contributed by atoms with van der Waals surface area (Å²) in [7, 11) is 0. The van der Waals surface area contributed by atoms with Crippen LogP contribution in [0.4, 0.5) is 5.69 Å². The Morgan fingerprint density at radius 3 is 2.22 bits per heavy atom. The molecule has 0 spiro atoms. The van der Waals surface area contributed by atoms with E-state index in [1.807, 2.05) is 0 Å². The van der Waals surface area contributed by atoms with Gasteiger partial charge in [0.1, 0.15) is 0 Å². The average Bonchev–Trinajstić information content (AvgIpc) is 2.67. The van der Waals surface area contributed by atoms with Crippen LogP contribution in [-0.2, 0) is 11.8 Å². The molecule has 1 fully saturated rings. The minimum absolute atomic E-state index is 0.227. The quantitative estimate of drug-likeness (QED) is 0.630. The van der Waals surface area contributed by atoms with E-state index in [0.29, 0.717) is 0 Å². The number of hydrogen-bond donors (Lipinski definition) is 1. The lowest BCUT2D eigenvalue weighted by Crippen LogP contribution is -2.35. The second-order valence-electron chi connectivity index (χ2n) is 9.08. The maximum Gasteiger partial charge on any atom is 0.0340 e. The number of anilines is 1. The third-order valence-corrected chi connectivity index (χ3v) is 5.81. The standard InChI is InChI=1S/C25H36N2/c1-25(2,3)23-10-12-24(13-11-23)26-16-7-17-27-18-14-22(15-19-27)20-21-8-5-4-6-9-21/h4-6,8-13,22,26H,7,14-20H2,1-3H3. The number of benzene rings is 2. The van der Waals surface area contributed by atoms with Crippen LogP contribution in [0.3, 0.4) is 0 Å². The summed E-state index contributed by atoms with van der Waals surface area (Å²) in [6.45, 7) is 11.6. The van der Waals surface area contributed by atoms with Crippen molar-refractivity contribution >= 4 is 5.69 Å². The molecule has 0 saturated carbocycles. The highest BCUT2D eigenvalue weighted by atomic mass is 15.1. The van der Waals surface area contributed by atoms with Crippen molar-refractivity contribution in [2.45, 2.75) is 51.9 Å². The molecule has 0 unspecified atom stereocenters. The van der Waals surface area contributed by atoms with Crippen LogP contribution in [0, 0.1) is 5.92 Å². The Kier molecular flexibility index (Phi) is 6.95. The Labute approximate surface area is 166 Å². The highest BCUT2D eigenvalue weighted by Gasteiger charge is 2.19. The highest BCUT2D eigenvalue weighted by Crippen LogP contribution is 2.24. The SMILES string of the molecule is CC(C)(C)c1ccc(NCCCN2CCC(Cc3ccccc3)CC2)cc1. The molecule has 3 rings (SSSR count). The van der Waals surface area contributed by atoms with Gasteiger partial charge in [-0.1, -0.05) is 63.2 Å². The van der Waals surface area contributed by atoms with Crippen molar-refractivity contribution in [2.75, 3.05) is 31.5 Å². The fraction of sp³-hybridized carbons (Fsp3) is 0.520. The Bertz CT molecular complexity index is 662. The summed E-state index contributed by atoms with van der Waals surface area (Å²) in [5.74, 6) is 0.864. The molecule has 2 heteroatoms. The topological polar surface area (TPSA) is 15.3 Å². The van der Waals surface area contributed by atoms with Gasteiger partial charge in [0.15, 0.2) is 0 Å². The predicted molar refractivity (Wildman–Crippen MR) is 118 cm³/mol. The third-order valence-electron chi connectivity index (χ3n) is 5.81. The molecule has 0 aromatic heterocycles. The lowest BCUT2D eigenvalue weighted by atomic mass is 9.87. The molecular weight excluding hydrogens is 328 g/mol.